The Balaban J connectivity index is 1.83. The SMILES string of the molecule is COc1cccc(-c2nc3ccc4ccccc4c3c3c2CC3)c1. The molecule has 1 heterocycles. The van der Waals surface area contributed by atoms with Crippen molar-refractivity contribution in [3.05, 3.63) is 71.8 Å². The fraction of sp³-hybridized carbons (Fsp3) is 0.136. The Kier molecular flexibility index (Phi) is 2.86. The Bertz CT molecular complexity index is 1100. The van der Waals surface area contributed by atoms with Crippen molar-refractivity contribution in [2.75, 3.05) is 7.11 Å². The van der Waals surface area contributed by atoms with E-state index >= 15 is 0 Å². The molecule has 1 aliphatic rings. The monoisotopic (exact) mass is 311 g/mol. The Morgan fingerprint density at radius 1 is 0.875 bits per heavy atom. The molecule has 0 spiro atoms. The van der Waals surface area contributed by atoms with Gasteiger partial charge < -0.3 is 4.74 Å². The molecular formula is C22H17NO. The van der Waals surface area contributed by atoms with Crippen LogP contribution in [0.15, 0.2) is 60.7 Å². The molecule has 0 bridgehead atoms. The minimum atomic E-state index is 0.876. The Morgan fingerprint density at radius 3 is 2.58 bits per heavy atom. The van der Waals surface area contributed by atoms with E-state index < -0.39 is 0 Å². The van der Waals surface area contributed by atoms with Crippen LogP contribution >= 0.6 is 0 Å². The molecule has 2 nitrogen and oxygen atoms in total. The maximum Gasteiger partial charge on any atom is 0.119 e. The van der Waals surface area contributed by atoms with Gasteiger partial charge in [-0.15, -0.1) is 0 Å². The molecular weight excluding hydrogens is 294 g/mol. The zero-order valence-corrected chi connectivity index (χ0v) is 13.5. The fourth-order valence-electron chi connectivity index (χ4n) is 3.78. The van der Waals surface area contributed by atoms with Crippen molar-refractivity contribution < 1.29 is 4.74 Å². The van der Waals surface area contributed by atoms with Crippen LogP contribution in [0.5, 0.6) is 5.75 Å². The highest BCUT2D eigenvalue weighted by Crippen LogP contribution is 2.40. The first kappa shape index (κ1) is 13.6. The first-order valence-electron chi connectivity index (χ1n) is 8.33. The third kappa shape index (κ3) is 1.86. The number of rotatable bonds is 2. The van der Waals surface area contributed by atoms with Gasteiger partial charge in [-0.05, 0) is 52.9 Å². The van der Waals surface area contributed by atoms with Crippen LogP contribution in [0.1, 0.15) is 11.1 Å². The van der Waals surface area contributed by atoms with Crippen LogP contribution in [0, 0.1) is 0 Å². The molecule has 2 heteroatoms. The zero-order chi connectivity index (χ0) is 16.1. The molecule has 1 aliphatic carbocycles. The van der Waals surface area contributed by atoms with Gasteiger partial charge in [-0.1, -0.05) is 42.5 Å². The third-order valence-corrected chi connectivity index (χ3v) is 5.06. The molecule has 0 saturated heterocycles. The van der Waals surface area contributed by atoms with Crippen LogP contribution in [-0.4, -0.2) is 12.1 Å². The van der Waals surface area contributed by atoms with E-state index in [0.29, 0.717) is 0 Å². The number of hydrogen-bond donors (Lipinski definition) is 0. The molecule has 5 rings (SSSR count). The number of methoxy groups -OCH3 is 1. The van der Waals surface area contributed by atoms with E-state index in [9.17, 15) is 0 Å². The zero-order valence-electron chi connectivity index (χ0n) is 13.5. The number of hydrogen-bond acceptors (Lipinski definition) is 2. The molecule has 3 aromatic carbocycles. The van der Waals surface area contributed by atoms with E-state index in [1.165, 1.54) is 27.3 Å². The van der Waals surface area contributed by atoms with Crippen LogP contribution in [0.2, 0.25) is 0 Å². The van der Waals surface area contributed by atoms with E-state index in [4.69, 9.17) is 9.72 Å². The van der Waals surface area contributed by atoms with Crippen molar-refractivity contribution in [1.82, 2.24) is 4.98 Å². The predicted octanol–water partition coefficient (Wildman–Crippen LogP) is 5.16. The summed E-state index contributed by atoms with van der Waals surface area (Å²) in [6, 6.07) is 21.1. The topological polar surface area (TPSA) is 22.1 Å². The highest BCUT2D eigenvalue weighted by atomic mass is 16.5. The summed E-state index contributed by atoms with van der Waals surface area (Å²) in [5, 5.41) is 3.94. The highest BCUT2D eigenvalue weighted by Gasteiger charge is 2.24. The second-order valence-electron chi connectivity index (χ2n) is 6.33. The smallest absolute Gasteiger partial charge is 0.119 e. The van der Waals surface area contributed by atoms with Gasteiger partial charge in [0, 0.05) is 10.9 Å². The van der Waals surface area contributed by atoms with Gasteiger partial charge in [0.1, 0.15) is 5.75 Å². The average molecular weight is 311 g/mol. The van der Waals surface area contributed by atoms with Crippen molar-refractivity contribution in [3.8, 4) is 17.0 Å². The van der Waals surface area contributed by atoms with Gasteiger partial charge in [0.25, 0.3) is 0 Å². The Labute approximate surface area is 140 Å². The number of aryl methyl sites for hydroxylation is 1. The summed E-state index contributed by atoms with van der Waals surface area (Å²) >= 11 is 0. The molecule has 0 unspecified atom stereocenters. The van der Waals surface area contributed by atoms with Gasteiger partial charge in [0.15, 0.2) is 0 Å². The van der Waals surface area contributed by atoms with E-state index in [0.717, 1.165) is 35.4 Å². The molecule has 4 aromatic rings. The summed E-state index contributed by atoms with van der Waals surface area (Å²) in [7, 11) is 1.71. The average Bonchev–Trinajstić information content (AvgIpc) is 2.61. The molecule has 116 valence electrons. The predicted molar refractivity (Wildman–Crippen MR) is 98.6 cm³/mol. The lowest BCUT2D eigenvalue weighted by Crippen LogP contribution is -2.13. The number of pyridine rings is 1. The summed E-state index contributed by atoms with van der Waals surface area (Å²) in [6.07, 6.45) is 2.24. The van der Waals surface area contributed by atoms with Crippen LogP contribution in [0.4, 0.5) is 0 Å². The minimum absolute atomic E-state index is 0.876. The summed E-state index contributed by atoms with van der Waals surface area (Å²) in [6.45, 7) is 0. The molecule has 0 aliphatic heterocycles. The van der Waals surface area contributed by atoms with E-state index in [2.05, 4.69) is 48.5 Å². The van der Waals surface area contributed by atoms with Gasteiger partial charge in [-0.25, -0.2) is 4.98 Å². The number of benzene rings is 3. The summed E-state index contributed by atoms with van der Waals surface area (Å²) in [4.78, 5) is 5.03. The molecule has 1 aromatic heterocycles. The first-order chi connectivity index (χ1) is 11.8. The van der Waals surface area contributed by atoms with E-state index in [1.807, 2.05) is 12.1 Å². The van der Waals surface area contributed by atoms with Crippen molar-refractivity contribution in [2.24, 2.45) is 0 Å². The minimum Gasteiger partial charge on any atom is -0.497 e. The number of ether oxygens (including phenoxy) is 1. The highest BCUT2D eigenvalue weighted by molar-refractivity contribution is 6.09. The number of aromatic nitrogens is 1. The van der Waals surface area contributed by atoms with Crippen LogP contribution in [0.3, 0.4) is 0 Å². The van der Waals surface area contributed by atoms with Crippen LogP contribution in [0.25, 0.3) is 32.9 Å². The van der Waals surface area contributed by atoms with Crippen molar-refractivity contribution in [2.45, 2.75) is 12.8 Å². The largest absolute Gasteiger partial charge is 0.497 e. The lowest BCUT2D eigenvalue weighted by atomic mass is 9.81. The van der Waals surface area contributed by atoms with Crippen molar-refractivity contribution >= 4 is 21.7 Å². The maximum absolute atomic E-state index is 5.38. The van der Waals surface area contributed by atoms with E-state index in [-0.39, 0.29) is 0 Å². The maximum atomic E-state index is 5.38. The third-order valence-electron chi connectivity index (χ3n) is 5.06. The normalized spacial score (nSPS) is 12.9. The standard InChI is InChI=1S/C22H17NO/c1-24-16-7-4-6-15(13-16)22-19-11-10-18(19)21-17-8-3-2-5-14(17)9-12-20(21)23-22/h2-9,12-13H,10-11H2,1H3. The quantitative estimate of drug-likeness (QED) is 0.477. The molecule has 0 fully saturated rings. The second kappa shape index (κ2) is 5.07. The van der Waals surface area contributed by atoms with Gasteiger partial charge in [-0.2, -0.15) is 0 Å². The molecule has 0 saturated carbocycles. The van der Waals surface area contributed by atoms with Crippen LogP contribution in [-0.2, 0) is 12.8 Å². The number of fused-ring (bicyclic) bond motifs is 5. The molecule has 0 amide bonds. The van der Waals surface area contributed by atoms with Gasteiger partial charge in [-0.3, -0.25) is 0 Å². The van der Waals surface area contributed by atoms with Crippen molar-refractivity contribution in [3.63, 3.8) is 0 Å². The second-order valence-corrected chi connectivity index (χ2v) is 6.33. The summed E-state index contributed by atoms with van der Waals surface area (Å²) in [5.74, 6) is 0.876. The van der Waals surface area contributed by atoms with Gasteiger partial charge in [0.2, 0.25) is 0 Å². The molecule has 24 heavy (non-hydrogen) atoms. The Hall–Kier alpha value is -2.87. The number of nitrogens with zero attached hydrogens (tertiary/aromatic N) is 1. The Morgan fingerprint density at radius 2 is 1.75 bits per heavy atom. The van der Waals surface area contributed by atoms with E-state index in [1.54, 1.807) is 7.11 Å². The summed E-state index contributed by atoms with van der Waals surface area (Å²) in [5.41, 5.74) is 6.20. The lowest BCUT2D eigenvalue weighted by Gasteiger charge is -2.25. The van der Waals surface area contributed by atoms with Crippen LogP contribution < -0.4 is 4.74 Å². The fourth-order valence-corrected chi connectivity index (χ4v) is 3.78. The summed E-state index contributed by atoms with van der Waals surface area (Å²) < 4.78 is 5.38. The molecule has 0 N–H and O–H groups in total. The lowest BCUT2D eigenvalue weighted by molar-refractivity contribution is 0.415. The first-order valence-corrected chi connectivity index (χ1v) is 8.33. The van der Waals surface area contributed by atoms with Crippen molar-refractivity contribution in [1.29, 1.82) is 0 Å². The molecule has 0 atom stereocenters. The molecule has 0 radical (unpaired) electrons. The van der Waals surface area contributed by atoms with Gasteiger partial charge >= 0.3 is 0 Å². The van der Waals surface area contributed by atoms with Gasteiger partial charge in [0.05, 0.1) is 18.3 Å².